The number of carbonyl (C=O) groups is 2. The molecular weight excluding hydrogens is 484 g/mol. The molecule has 0 saturated heterocycles. The minimum absolute atomic E-state index is 0.0656. The van der Waals surface area contributed by atoms with Gasteiger partial charge in [-0.05, 0) is 82.3 Å². The first-order valence-electron chi connectivity index (χ1n) is 13.5. The van der Waals surface area contributed by atoms with Crippen molar-refractivity contribution >= 4 is 12.6 Å². The van der Waals surface area contributed by atoms with Crippen LogP contribution in [0.4, 0.5) is 0 Å². The van der Waals surface area contributed by atoms with Crippen molar-refractivity contribution in [2.45, 2.75) is 44.9 Å². The highest BCUT2D eigenvalue weighted by atomic mass is 16.3. The molecule has 0 radical (unpaired) electrons. The largest absolute Gasteiger partial charge is 0.396 e. The van der Waals surface area contributed by atoms with Crippen LogP contribution in [0.25, 0.3) is 22.3 Å². The number of aliphatic hydroxyl groups is 2. The summed E-state index contributed by atoms with van der Waals surface area (Å²) in [5.74, 6) is 0. The van der Waals surface area contributed by atoms with Gasteiger partial charge in [-0.2, -0.15) is 0 Å². The molecule has 2 N–H and O–H groups in total. The number of rotatable bonds is 12. The Kier molecular flexibility index (Phi) is 9.23. The Labute approximate surface area is 231 Å². The number of carbonyl (C=O) groups excluding carboxylic acids is 2. The molecule has 39 heavy (non-hydrogen) atoms. The zero-order valence-electron chi connectivity index (χ0n) is 22.7. The van der Waals surface area contributed by atoms with Crippen LogP contribution < -0.4 is 0 Å². The SMILES string of the molecule is CC(C)(c1cc(C=O)c(-c2ccccc2)c(CCCO)c1)c1cc(C=O)c(-c2ccccc2)c(CCCO)c1. The summed E-state index contributed by atoms with van der Waals surface area (Å²) in [4.78, 5) is 24.8. The van der Waals surface area contributed by atoms with E-state index in [-0.39, 0.29) is 13.2 Å². The van der Waals surface area contributed by atoms with Gasteiger partial charge in [0.1, 0.15) is 0 Å². The summed E-state index contributed by atoms with van der Waals surface area (Å²) >= 11 is 0. The Morgan fingerprint density at radius 2 is 1.00 bits per heavy atom. The number of hydrogen-bond acceptors (Lipinski definition) is 4. The van der Waals surface area contributed by atoms with E-state index >= 15 is 0 Å². The highest BCUT2D eigenvalue weighted by Crippen LogP contribution is 2.40. The maximum atomic E-state index is 12.4. The van der Waals surface area contributed by atoms with Crippen LogP contribution in [0.1, 0.15) is 69.7 Å². The Balaban J connectivity index is 1.91. The minimum atomic E-state index is -0.526. The average molecular weight is 521 g/mol. The standard InChI is InChI=1S/C35H36O4/c1-35(2,31-19-27(15-9-17-36)33(29(21-31)23-38)25-11-5-3-6-12-25)32-20-28(16-10-18-37)34(30(22-32)24-39)26-13-7-4-8-14-26/h3-8,11-14,19-24,36-37H,9-10,15-18H2,1-2H3. The van der Waals surface area contributed by atoms with Crippen LogP contribution in [-0.2, 0) is 18.3 Å². The van der Waals surface area contributed by atoms with Crippen molar-refractivity contribution in [3.05, 3.63) is 118 Å². The van der Waals surface area contributed by atoms with Gasteiger partial charge < -0.3 is 10.2 Å². The third-order valence-corrected chi connectivity index (χ3v) is 7.53. The molecule has 4 nitrogen and oxygen atoms in total. The quantitative estimate of drug-likeness (QED) is 0.201. The predicted molar refractivity (Wildman–Crippen MR) is 157 cm³/mol. The average Bonchev–Trinajstić information content (AvgIpc) is 2.98. The van der Waals surface area contributed by atoms with Crippen molar-refractivity contribution in [1.82, 2.24) is 0 Å². The van der Waals surface area contributed by atoms with E-state index in [2.05, 4.69) is 26.0 Å². The number of aldehydes is 2. The van der Waals surface area contributed by atoms with Crippen LogP contribution in [0.15, 0.2) is 84.9 Å². The normalized spacial score (nSPS) is 11.4. The van der Waals surface area contributed by atoms with Gasteiger partial charge in [-0.3, -0.25) is 9.59 Å². The van der Waals surface area contributed by atoms with E-state index in [1.165, 1.54) is 0 Å². The van der Waals surface area contributed by atoms with E-state index in [0.29, 0.717) is 36.8 Å². The highest BCUT2D eigenvalue weighted by Gasteiger charge is 2.28. The van der Waals surface area contributed by atoms with Gasteiger partial charge in [-0.15, -0.1) is 0 Å². The summed E-state index contributed by atoms with van der Waals surface area (Å²) in [7, 11) is 0. The molecule has 0 amide bonds. The van der Waals surface area contributed by atoms with Gasteiger partial charge in [0.2, 0.25) is 0 Å². The summed E-state index contributed by atoms with van der Waals surface area (Å²) in [6, 6.07) is 27.9. The van der Waals surface area contributed by atoms with Gasteiger partial charge in [0.15, 0.2) is 12.6 Å². The lowest BCUT2D eigenvalue weighted by Gasteiger charge is -2.30. The van der Waals surface area contributed by atoms with Crippen molar-refractivity contribution in [1.29, 1.82) is 0 Å². The maximum absolute atomic E-state index is 12.4. The van der Waals surface area contributed by atoms with Crippen molar-refractivity contribution < 1.29 is 19.8 Å². The van der Waals surface area contributed by atoms with Crippen LogP contribution in [0.2, 0.25) is 0 Å². The molecule has 0 atom stereocenters. The van der Waals surface area contributed by atoms with E-state index < -0.39 is 5.41 Å². The first-order valence-corrected chi connectivity index (χ1v) is 13.5. The molecule has 0 heterocycles. The second-order valence-electron chi connectivity index (χ2n) is 10.4. The number of aryl methyl sites for hydroxylation is 2. The lowest BCUT2D eigenvalue weighted by atomic mass is 9.73. The molecule has 0 bridgehead atoms. The second kappa shape index (κ2) is 12.8. The second-order valence-corrected chi connectivity index (χ2v) is 10.4. The smallest absolute Gasteiger partial charge is 0.150 e. The van der Waals surface area contributed by atoms with E-state index in [4.69, 9.17) is 0 Å². The molecule has 0 aliphatic carbocycles. The number of aliphatic hydroxyl groups excluding tert-OH is 2. The molecule has 0 aliphatic heterocycles. The first kappa shape index (κ1) is 28.2. The molecule has 4 aromatic rings. The van der Waals surface area contributed by atoms with Gasteiger partial charge in [0, 0.05) is 29.8 Å². The van der Waals surface area contributed by atoms with E-state index in [1.807, 2.05) is 72.8 Å². The zero-order valence-corrected chi connectivity index (χ0v) is 22.7. The summed E-state index contributed by atoms with van der Waals surface area (Å²) in [6.45, 7) is 4.35. The Bertz CT molecular complexity index is 1310. The summed E-state index contributed by atoms with van der Waals surface area (Å²) < 4.78 is 0. The van der Waals surface area contributed by atoms with E-state index in [0.717, 1.165) is 57.1 Å². The predicted octanol–water partition coefficient (Wildman–Crippen LogP) is 6.82. The molecule has 4 rings (SSSR count). The van der Waals surface area contributed by atoms with Crippen molar-refractivity contribution in [2.24, 2.45) is 0 Å². The molecule has 4 heteroatoms. The molecule has 200 valence electrons. The molecule has 0 aromatic heterocycles. The number of benzene rings is 4. The Hall–Kier alpha value is -3.86. The lowest BCUT2D eigenvalue weighted by molar-refractivity contribution is 0.111. The third-order valence-electron chi connectivity index (χ3n) is 7.53. The summed E-state index contributed by atoms with van der Waals surface area (Å²) in [6.07, 6.45) is 4.28. The van der Waals surface area contributed by atoms with Crippen molar-refractivity contribution in [2.75, 3.05) is 13.2 Å². The van der Waals surface area contributed by atoms with Gasteiger partial charge >= 0.3 is 0 Å². The fourth-order valence-electron chi connectivity index (χ4n) is 5.37. The molecule has 0 spiro atoms. The molecule has 0 aliphatic rings. The minimum Gasteiger partial charge on any atom is -0.396 e. The first-order chi connectivity index (χ1) is 18.9. The lowest BCUT2D eigenvalue weighted by Crippen LogP contribution is -2.21. The van der Waals surface area contributed by atoms with Gasteiger partial charge in [-0.1, -0.05) is 86.6 Å². The van der Waals surface area contributed by atoms with E-state index in [1.54, 1.807) is 0 Å². The van der Waals surface area contributed by atoms with Gasteiger partial charge in [0.25, 0.3) is 0 Å². The zero-order chi connectivity index (χ0) is 27.8. The van der Waals surface area contributed by atoms with Crippen LogP contribution in [0, 0.1) is 0 Å². The molecule has 4 aromatic carbocycles. The van der Waals surface area contributed by atoms with E-state index in [9.17, 15) is 19.8 Å². The molecular formula is C35H36O4. The summed E-state index contributed by atoms with van der Waals surface area (Å²) in [5, 5.41) is 19.2. The monoisotopic (exact) mass is 520 g/mol. The van der Waals surface area contributed by atoms with Crippen LogP contribution in [0.5, 0.6) is 0 Å². The third kappa shape index (κ3) is 6.08. The fourth-order valence-corrected chi connectivity index (χ4v) is 5.37. The molecule has 0 fully saturated rings. The molecule has 0 saturated carbocycles. The van der Waals surface area contributed by atoms with Crippen LogP contribution in [0.3, 0.4) is 0 Å². The Morgan fingerprint density at radius 3 is 1.33 bits per heavy atom. The molecule has 0 unspecified atom stereocenters. The number of hydrogen-bond donors (Lipinski definition) is 2. The van der Waals surface area contributed by atoms with Gasteiger partial charge in [0.05, 0.1) is 0 Å². The Morgan fingerprint density at radius 1 is 0.615 bits per heavy atom. The van der Waals surface area contributed by atoms with Crippen molar-refractivity contribution in [3.8, 4) is 22.3 Å². The van der Waals surface area contributed by atoms with Gasteiger partial charge in [-0.25, -0.2) is 0 Å². The summed E-state index contributed by atoms with van der Waals surface area (Å²) in [5.41, 5.74) is 8.39. The fraction of sp³-hybridized carbons (Fsp3) is 0.257. The topological polar surface area (TPSA) is 74.6 Å². The van der Waals surface area contributed by atoms with Crippen LogP contribution >= 0.6 is 0 Å². The van der Waals surface area contributed by atoms with Crippen LogP contribution in [-0.4, -0.2) is 36.0 Å². The highest BCUT2D eigenvalue weighted by molar-refractivity contribution is 5.91. The van der Waals surface area contributed by atoms with Crippen molar-refractivity contribution in [3.63, 3.8) is 0 Å². The maximum Gasteiger partial charge on any atom is 0.150 e.